The van der Waals surface area contributed by atoms with Crippen molar-refractivity contribution < 1.29 is 14.3 Å². The van der Waals surface area contributed by atoms with Crippen molar-refractivity contribution in [1.82, 2.24) is 5.32 Å². The summed E-state index contributed by atoms with van der Waals surface area (Å²) in [4.78, 5) is 17.0. The molecule has 0 aliphatic carbocycles. The van der Waals surface area contributed by atoms with Gasteiger partial charge in [-0.1, -0.05) is 42.0 Å². The van der Waals surface area contributed by atoms with Gasteiger partial charge in [0.1, 0.15) is 0 Å². The molecule has 3 aromatic rings. The maximum atomic E-state index is 12.2. The third-order valence-corrected chi connectivity index (χ3v) is 5.76. The predicted molar refractivity (Wildman–Crippen MR) is 132 cm³/mol. The number of hydrogen-bond acceptors (Lipinski definition) is 4. The zero-order valence-corrected chi connectivity index (χ0v) is 19.3. The smallest absolute Gasteiger partial charge is 0.319 e. The Kier molecular flexibility index (Phi) is 6.93. The number of nitrogens with one attached hydrogen (secondary N) is 2. The number of methoxy groups -OCH3 is 2. The Morgan fingerprint density at radius 2 is 1.61 bits per heavy atom. The second-order valence-corrected chi connectivity index (χ2v) is 8.11. The molecule has 0 saturated carbocycles. The van der Waals surface area contributed by atoms with E-state index in [4.69, 9.17) is 14.5 Å². The molecule has 3 aromatic carbocycles. The van der Waals surface area contributed by atoms with Crippen molar-refractivity contribution >= 4 is 17.4 Å². The molecule has 0 saturated heterocycles. The van der Waals surface area contributed by atoms with Gasteiger partial charge in [-0.3, -0.25) is 4.99 Å². The zero-order valence-electron chi connectivity index (χ0n) is 19.3. The number of ether oxygens (including phenoxy) is 2. The van der Waals surface area contributed by atoms with Crippen LogP contribution in [0.4, 0.5) is 10.5 Å². The molecule has 0 atom stereocenters. The second kappa shape index (κ2) is 10.2. The number of urea groups is 1. The van der Waals surface area contributed by atoms with Crippen LogP contribution in [0.1, 0.15) is 27.8 Å². The van der Waals surface area contributed by atoms with Crippen molar-refractivity contribution in [3.8, 4) is 11.5 Å². The molecule has 0 bridgehead atoms. The Balaban J connectivity index is 1.37. The highest BCUT2D eigenvalue weighted by molar-refractivity contribution is 6.04. The highest BCUT2D eigenvalue weighted by Crippen LogP contribution is 2.33. The van der Waals surface area contributed by atoms with Gasteiger partial charge in [-0.05, 0) is 54.3 Å². The molecular weight excluding hydrogens is 414 g/mol. The summed E-state index contributed by atoms with van der Waals surface area (Å²) in [5, 5.41) is 5.77. The molecule has 6 nitrogen and oxygen atoms in total. The second-order valence-electron chi connectivity index (χ2n) is 8.11. The number of benzene rings is 3. The summed E-state index contributed by atoms with van der Waals surface area (Å²) in [7, 11) is 3.30. The summed E-state index contributed by atoms with van der Waals surface area (Å²) < 4.78 is 10.9. The average molecular weight is 444 g/mol. The van der Waals surface area contributed by atoms with Gasteiger partial charge in [-0.25, -0.2) is 4.79 Å². The van der Waals surface area contributed by atoms with Crippen molar-refractivity contribution in [3.05, 3.63) is 88.5 Å². The van der Waals surface area contributed by atoms with Crippen molar-refractivity contribution in [2.75, 3.05) is 26.1 Å². The van der Waals surface area contributed by atoms with Gasteiger partial charge >= 0.3 is 6.03 Å². The van der Waals surface area contributed by atoms with Gasteiger partial charge in [0.2, 0.25) is 0 Å². The summed E-state index contributed by atoms with van der Waals surface area (Å²) in [5.74, 6) is 1.45. The summed E-state index contributed by atoms with van der Waals surface area (Å²) in [5.41, 5.74) is 7.50. The lowest BCUT2D eigenvalue weighted by Crippen LogP contribution is -2.28. The maximum Gasteiger partial charge on any atom is 0.319 e. The first-order valence-electron chi connectivity index (χ1n) is 11.0. The molecule has 1 heterocycles. The fraction of sp³-hybridized carbons (Fsp3) is 0.259. The van der Waals surface area contributed by atoms with Gasteiger partial charge in [0, 0.05) is 36.5 Å². The molecule has 0 spiro atoms. The number of nitrogens with zero attached hydrogens (tertiary/aromatic N) is 1. The number of anilines is 1. The maximum absolute atomic E-state index is 12.2. The lowest BCUT2D eigenvalue weighted by Gasteiger charge is -2.20. The molecule has 6 heteroatoms. The monoisotopic (exact) mass is 443 g/mol. The highest BCUT2D eigenvalue weighted by Gasteiger charge is 2.18. The van der Waals surface area contributed by atoms with Crippen LogP contribution < -0.4 is 20.1 Å². The molecular formula is C27H29N3O3. The average Bonchev–Trinajstić information content (AvgIpc) is 2.84. The first-order chi connectivity index (χ1) is 16.1. The van der Waals surface area contributed by atoms with Gasteiger partial charge in [-0.15, -0.1) is 0 Å². The van der Waals surface area contributed by atoms with Crippen LogP contribution in [0.3, 0.4) is 0 Å². The van der Waals surface area contributed by atoms with Gasteiger partial charge in [0.15, 0.2) is 11.5 Å². The summed E-state index contributed by atoms with van der Waals surface area (Å²) >= 11 is 0. The Bertz CT molecular complexity index is 1150. The van der Waals surface area contributed by atoms with Crippen LogP contribution in [0.2, 0.25) is 0 Å². The Morgan fingerprint density at radius 3 is 2.30 bits per heavy atom. The quantitative estimate of drug-likeness (QED) is 0.544. The number of hydrogen-bond donors (Lipinski definition) is 2. The van der Waals surface area contributed by atoms with E-state index >= 15 is 0 Å². The fourth-order valence-electron chi connectivity index (χ4n) is 3.91. The Hall–Kier alpha value is -3.80. The van der Waals surface area contributed by atoms with Crippen LogP contribution in [0.25, 0.3) is 0 Å². The Labute approximate surface area is 194 Å². The van der Waals surface area contributed by atoms with E-state index in [1.807, 2.05) is 67.6 Å². The number of rotatable bonds is 7. The molecule has 1 aliphatic heterocycles. The largest absolute Gasteiger partial charge is 0.493 e. The van der Waals surface area contributed by atoms with E-state index in [-0.39, 0.29) is 6.03 Å². The molecule has 1 aliphatic rings. The van der Waals surface area contributed by atoms with Gasteiger partial charge in [-0.2, -0.15) is 0 Å². The van der Waals surface area contributed by atoms with Crippen LogP contribution in [-0.4, -0.2) is 32.5 Å². The zero-order chi connectivity index (χ0) is 23.2. The minimum absolute atomic E-state index is 0.227. The summed E-state index contributed by atoms with van der Waals surface area (Å²) in [6, 6.07) is 19.8. The summed E-state index contributed by atoms with van der Waals surface area (Å²) in [6.07, 6.45) is 1.60. The Morgan fingerprint density at radius 1 is 0.939 bits per heavy atom. The van der Waals surface area contributed by atoms with Crippen molar-refractivity contribution in [2.24, 2.45) is 4.99 Å². The van der Waals surface area contributed by atoms with Crippen LogP contribution >= 0.6 is 0 Å². The number of carbonyl (C=O) groups is 1. The van der Waals surface area contributed by atoms with E-state index < -0.39 is 0 Å². The third-order valence-electron chi connectivity index (χ3n) is 5.76. The molecule has 2 N–H and O–H groups in total. The van der Waals surface area contributed by atoms with Crippen molar-refractivity contribution in [3.63, 3.8) is 0 Å². The molecule has 33 heavy (non-hydrogen) atoms. The molecule has 0 aromatic heterocycles. The minimum atomic E-state index is -0.227. The highest BCUT2D eigenvalue weighted by atomic mass is 16.5. The van der Waals surface area contributed by atoms with E-state index in [0.29, 0.717) is 18.7 Å². The molecule has 4 rings (SSSR count). The van der Waals surface area contributed by atoms with E-state index in [2.05, 4.69) is 10.6 Å². The lowest BCUT2D eigenvalue weighted by atomic mass is 9.93. The number of amides is 2. The lowest BCUT2D eigenvalue weighted by molar-refractivity contribution is 0.251. The van der Waals surface area contributed by atoms with E-state index in [9.17, 15) is 4.79 Å². The molecule has 0 unspecified atom stereocenters. The minimum Gasteiger partial charge on any atom is -0.493 e. The van der Waals surface area contributed by atoms with Gasteiger partial charge < -0.3 is 20.1 Å². The van der Waals surface area contributed by atoms with Crippen LogP contribution in [-0.2, 0) is 19.4 Å². The van der Waals surface area contributed by atoms with Crippen LogP contribution in [0, 0.1) is 6.92 Å². The number of aryl methyl sites for hydroxylation is 1. The fourth-order valence-corrected chi connectivity index (χ4v) is 3.91. The number of fused-ring (bicyclic) bond motifs is 1. The molecule has 2 amide bonds. The summed E-state index contributed by atoms with van der Waals surface area (Å²) in [6.45, 7) is 3.29. The molecule has 0 radical (unpaired) electrons. The van der Waals surface area contributed by atoms with E-state index in [1.54, 1.807) is 14.2 Å². The topological polar surface area (TPSA) is 72.0 Å². The third kappa shape index (κ3) is 5.52. The SMILES string of the molecule is COc1cc2c(cc1OC)C(Cc1ccc(NC(=O)NCc3ccc(C)cc3)cc1)=NCC2. The van der Waals surface area contributed by atoms with Crippen LogP contribution in [0.5, 0.6) is 11.5 Å². The first kappa shape index (κ1) is 22.4. The van der Waals surface area contributed by atoms with Crippen molar-refractivity contribution in [1.29, 1.82) is 0 Å². The van der Waals surface area contributed by atoms with Gasteiger partial charge in [0.05, 0.1) is 14.2 Å². The van der Waals surface area contributed by atoms with Crippen LogP contribution in [0.15, 0.2) is 65.7 Å². The van der Waals surface area contributed by atoms with E-state index in [1.165, 1.54) is 11.1 Å². The van der Waals surface area contributed by atoms with Gasteiger partial charge in [0.25, 0.3) is 0 Å². The molecule has 170 valence electrons. The number of aliphatic imine (C=N–C) groups is 1. The standard InChI is InChI=1S/C27H29N3O3/c1-18-4-6-20(7-5-18)17-29-27(31)30-22-10-8-19(9-11-22)14-24-23-16-26(33-3)25(32-2)15-21(23)12-13-28-24/h4-11,15-16H,12-14,17H2,1-3H3,(H2,29,30,31). The normalized spacial score (nSPS) is 12.4. The van der Waals surface area contributed by atoms with Crippen molar-refractivity contribution in [2.45, 2.75) is 26.3 Å². The molecule has 0 fully saturated rings. The van der Waals surface area contributed by atoms with E-state index in [0.717, 1.165) is 46.8 Å². The first-order valence-corrected chi connectivity index (χ1v) is 11.0. The number of carbonyl (C=O) groups excluding carboxylic acids is 1. The predicted octanol–water partition coefficient (Wildman–Crippen LogP) is 4.92.